The third-order valence-electron chi connectivity index (χ3n) is 1.12. The molecule has 1 rings (SSSR count). The number of anilines is 1. The van der Waals surface area contributed by atoms with Crippen molar-refractivity contribution in [3.05, 3.63) is 26.8 Å². The number of nitrogens with zero attached hydrogens (tertiary/aromatic N) is 1. The molecule has 1 aromatic rings. The van der Waals surface area contributed by atoms with Crippen molar-refractivity contribution in [3.63, 3.8) is 0 Å². The van der Waals surface area contributed by atoms with E-state index in [4.69, 9.17) is 16.9 Å². The van der Waals surface area contributed by atoms with Crippen LogP contribution in [0.4, 0.5) is 5.69 Å². The van der Waals surface area contributed by atoms with Gasteiger partial charge in [0.05, 0.1) is 10.7 Å². The van der Waals surface area contributed by atoms with E-state index in [1.807, 2.05) is 12.3 Å². The van der Waals surface area contributed by atoms with Crippen LogP contribution in [0.25, 0.3) is 0 Å². The maximum absolute atomic E-state index is 8.29. The first kappa shape index (κ1) is 8.62. The molecular weight excluding hydrogens is 274 g/mol. The van der Waals surface area contributed by atoms with E-state index in [1.54, 1.807) is 12.1 Å². The van der Waals surface area contributed by atoms with Crippen LogP contribution in [0.5, 0.6) is 0 Å². The summed E-state index contributed by atoms with van der Waals surface area (Å²) in [7, 11) is 0. The average molecular weight is 278 g/mol. The summed E-state index contributed by atoms with van der Waals surface area (Å²) < 4.78 is 1.05. The number of benzene rings is 1. The molecule has 0 aromatic heterocycles. The van der Waals surface area contributed by atoms with Crippen LogP contribution in [-0.2, 0) is 0 Å². The lowest BCUT2D eigenvalue weighted by atomic mass is 10.3. The molecule has 0 unspecified atom stereocenters. The van der Waals surface area contributed by atoms with Crippen LogP contribution in [-0.4, -0.2) is 0 Å². The highest BCUT2D eigenvalue weighted by Crippen LogP contribution is 2.23. The van der Waals surface area contributed by atoms with Gasteiger partial charge in [0.25, 0.3) is 0 Å². The molecule has 1 aromatic carbocycles. The summed E-state index contributed by atoms with van der Waals surface area (Å²) >= 11 is 7.95. The highest BCUT2D eigenvalue weighted by molar-refractivity contribution is 14.1. The third kappa shape index (κ3) is 2.24. The van der Waals surface area contributed by atoms with E-state index >= 15 is 0 Å². The lowest BCUT2D eigenvalue weighted by molar-refractivity contribution is 1.47. The number of nitriles is 1. The number of halogens is 2. The fourth-order valence-corrected chi connectivity index (χ4v) is 1.55. The molecule has 0 aliphatic rings. The summed E-state index contributed by atoms with van der Waals surface area (Å²) in [5.74, 6) is 0. The molecule has 0 saturated carbocycles. The van der Waals surface area contributed by atoms with Crippen molar-refractivity contribution in [1.82, 2.24) is 0 Å². The number of hydrogen-bond donors (Lipinski definition) is 1. The quantitative estimate of drug-likeness (QED) is 0.487. The zero-order chi connectivity index (χ0) is 8.27. The van der Waals surface area contributed by atoms with Gasteiger partial charge in [-0.15, -0.1) is 0 Å². The van der Waals surface area contributed by atoms with Crippen LogP contribution in [0, 0.1) is 15.0 Å². The monoisotopic (exact) mass is 278 g/mol. The Morgan fingerprint density at radius 1 is 1.55 bits per heavy atom. The van der Waals surface area contributed by atoms with Gasteiger partial charge >= 0.3 is 0 Å². The Kier molecular flexibility index (Phi) is 2.97. The molecule has 0 spiro atoms. The second-order valence-electron chi connectivity index (χ2n) is 1.86. The van der Waals surface area contributed by atoms with E-state index < -0.39 is 0 Å². The summed E-state index contributed by atoms with van der Waals surface area (Å²) in [5.41, 5.74) is 0.648. The van der Waals surface area contributed by atoms with Crippen molar-refractivity contribution in [2.45, 2.75) is 0 Å². The number of hydrogen-bond acceptors (Lipinski definition) is 2. The first-order chi connectivity index (χ1) is 5.24. The maximum Gasteiger partial charge on any atom is 0.181 e. The Morgan fingerprint density at radius 2 is 2.27 bits per heavy atom. The fourth-order valence-electron chi connectivity index (χ4n) is 0.651. The smallest absolute Gasteiger partial charge is 0.181 e. The molecule has 11 heavy (non-hydrogen) atoms. The molecule has 56 valence electrons. The van der Waals surface area contributed by atoms with Gasteiger partial charge in [-0.2, -0.15) is 5.26 Å². The molecule has 0 bridgehead atoms. The summed E-state index contributed by atoms with van der Waals surface area (Å²) in [4.78, 5) is 0. The molecule has 0 saturated heterocycles. The molecule has 0 radical (unpaired) electrons. The van der Waals surface area contributed by atoms with Gasteiger partial charge in [0.15, 0.2) is 6.19 Å². The summed E-state index contributed by atoms with van der Waals surface area (Å²) in [6, 6.07) is 5.45. The van der Waals surface area contributed by atoms with Crippen LogP contribution >= 0.6 is 34.2 Å². The molecule has 4 heteroatoms. The maximum atomic E-state index is 8.29. The van der Waals surface area contributed by atoms with Gasteiger partial charge in [0, 0.05) is 3.57 Å². The highest BCUT2D eigenvalue weighted by atomic mass is 127. The van der Waals surface area contributed by atoms with Crippen molar-refractivity contribution in [3.8, 4) is 6.19 Å². The van der Waals surface area contributed by atoms with Crippen LogP contribution in [0.1, 0.15) is 0 Å². The largest absolute Gasteiger partial charge is 0.291 e. The molecular formula is C7H4ClIN2. The SMILES string of the molecule is N#CNc1ccc(I)cc1Cl. The summed E-state index contributed by atoms with van der Waals surface area (Å²) in [6.07, 6.45) is 1.81. The topological polar surface area (TPSA) is 35.8 Å². The highest BCUT2D eigenvalue weighted by Gasteiger charge is 1.97. The van der Waals surface area contributed by atoms with Crippen molar-refractivity contribution < 1.29 is 0 Å². The van der Waals surface area contributed by atoms with Gasteiger partial charge in [-0.25, -0.2) is 0 Å². The lowest BCUT2D eigenvalue weighted by Crippen LogP contribution is -1.87. The Balaban J connectivity index is 3.01. The third-order valence-corrected chi connectivity index (χ3v) is 2.11. The predicted octanol–water partition coefficient (Wildman–Crippen LogP) is 2.84. The average Bonchev–Trinajstić information content (AvgIpc) is 1.95. The Hall–Kier alpha value is -0.470. The zero-order valence-corrected chi connectivity index (χ0v) is 8.35. The second-order valence-corrected chi connectivity index (χ2v) is 3.51. The van der Waals surface area contributed by atoms with Crippen molar-refractivity contribution >= 4 is 39.9 Å². The summed E-state index contributed by atoms with van der Waals surface area (Å²) in [6.45, 7) is 0. The Labute approximate surface area is 83.3 Å². The molecule has 0 amide bonds. The minimum absolute atomic E-state index is 0.568. The fraction of sp³-hybridized carbons (Fsp3) is 0. The van der Waals surface area contributed by atoms with Gasteiger partial charge in [-0.1, -0.05) is 11.6 Å². The summed E-state index contributed by atoms with van der Waals surface area (Å²) in [5, 5.41) is 11.3. The molecule has 0 fully saturated rings. The minimum Gasteiger partial charge on any atom is -0.291 e. The Morgan fingerprint density at radius 3 is 2.82 bits per heavy atom. The van der Waals surface area contributed by atoms with Crippen LogP contribution in [0.15, 0.2) is 18.2 Å². The minimum atomic E-state index is 0.568. The van der Waals surface area contributed by atoms with E-state index in [2.05, 4.69) is 27.9 Å². The van der Waals surface area contributed by atoms with E-state index in [0.717, 1.165) is 3.57 Å². The van der Waals surface area contributed by atoms with Gasteiger partial charge < -0.3 is 0 Å². The van der Waals surface area contributed by atoms with Gasteiger partial charge in [-0.05, 0) is 40.8 Å². The molecule has 0 atom stereocenters. The standard InChI is InChI=1S/C7H4ClIN2/c8-6-3-5(9)1-2-7(6)11-4-10/h1-3,11H. The second kappa shape index (κ2) is 3.79. The first-order valence-corrected chi connectivity index (χ1v) is 4.30. The molecule has 2 nitrogen and oxygen atoms in total. The number of nitrogens with one attached hydrogen (secondary N) is 1. The van der Waals surface area contributed by atoms with Gasteiger partial charge in [-0.3, -0.25) is 5.32 Å². The van der Waals surface area contributed by atoms with Crippen LogP contribution in [0.2, 0.25) is 5.02 Å². The van der Waals surface area contributed by atoms with Gasteiger partial charge in [0.1, 0.15) is 0 Å². The molecule has 0 aliphatic heterocycles. The first-order valence-electron chi connectivity index (χ1n) is 2.84. The van der Waals surface area contributed by atoms with Gasteiger partial charge in [0.2, 0.25) is 0 Å². The zero-order valence-electron chi connectivity index (χ0n) is 5.44. The van der Waals surface area contributed by atoms with E-state index in [-0.39, 0.29) is 0 Å². The predicted molar refractivity (Wildman–Crippen MR) is 53.4 cm³/mol. The van der Waals surface area contributed by atoms with Crippen molar-refractivity contribution in [2.75, 3.05) is 5.32 Å². The molecule has 0 aliphatic carbocycles. The number of rotatable bonds is 1. The normalized spacial score (nSPS) is 8.82. The molecule has 1 N–H and O–H groups in total. The van der Waals surface area contributed by atoms with E-state index in [9.17, 15) is 0 Å². The van der Waals surface area contributed by atoms with Crippen molar-refractivity contribution in [2.24, 2.45) is 0 Å². The Bertz CT molecular complexity index is 306. The van der Waals surface area contributed by atoms with Crippen LogP contribution in [0.3, 0.4) is 0 Å². The van der Waals surface area contributed by atoms with Crippen molar-refractivity contribution in [1.29, 1.82) is 5.26 Å². The van der Waals surface area contributed by atoms with E-state index in [1.165, 1.54) is 0 Å². The lowest BCUT2D eigenvalue weighted by Gasteiger charge is -1.99. The molecule has 0 heterocycles. The van der Waals surface area contributed by atoms with Crippen LogP contribution < -0.4 is 5.32 Å². The van der Waals surface area contributed by atoms with E-state index in [0.29, 0.717) is 10.7 Å².